The van der Waals surface area contributed by atoms with Gasteiger partial charge in [0.2, 0.25) is 5.95 Å². The second kappa shape index (κ2) is 9.52. The van der Waals surface area contributed by atoms with Crippen molar-refractivity contribution in [3.8, 4) is 17.0 Å². The van der Waals surface area contributed by atoms with Crippen LogP contribution in [-0.4, -0.2) is 21.6 Å². The molecule has 2 N–H and O–H groups in total. The Labute approximate surface area is 176 Å². The Balaban J connectivity index is 1.59. The fraction of sp³-hybridized carbons (Fsp3) is 0.125. The Bertz CT molecular complexity index is 1070. The van der Waals surface area contributed by atoms with Gasteiger partial charge in [0.25, 0.3) is 0 Å². The van der Waals surface area contributed by atoms with Gasteiger partial charge in [0, 0.05) is 36.3 Å². The third-order valence-corrected chi connectivity index (χ3v) is 4.44. The predicted octanol–water partition coefficient (Wildman–Crippen LogP) is 5.29. The van der Waals surface area contributed by atoms with E-state index in [1.807, 2.05) is 79.7 Å². The second-order valence-corrected chi connectivity index (χ2v) is 6.62. The molecule has 0 bridgehead atoms. The van der Waals surface area contributed by atoms with Crippen molar-refractivity contribution in [1.29, 1.82) is 0 Å². The Morgan fingerprint density at radius 2 is 1.63 bits per heavy atom. The average molecular weight is 397 g/mol. The molecule has 150 valence electrons. The molecular weight excluding hydrogens is 374 g/mol. The third-order valence-electron chi connectivity index (χ3n) is 4.44. The number of ether oxygens (including phenoxy) is 1. The molecule has 0 radical (unpaired) electrons. The molecule has 2 heterocycles. The largest absolute Gasteiger partial charge is 0.494 e. The fourth-order valence-corrected chi connectivity index (χ4v) is 2.97. The molecule has 6 heteroatoms. The first-order chi connectivity index (χ1) is 14.8. The molecule has 4 rings (SSSR count). The summed E-state index contributed by atoms with van der Waals surface area (Å²) in [6.07, 6.45) is 3.57. The van der Waals surface area contributed by atoms with E-state index in [1.54, 1.807) is 12.4 Å². The maximum Gasteiger partial charge on any atom is 0.229 e. The Morgan fingerprint density at radius 3 is 2.37 bits per heavy atom. The van der Waals surface area contributed by atoms with E-state index in [-0.39, 0.29) is 0 Å². The number of hydrogen-bond acceptors (Lipinski definition) is 6. The van der Waals surface area contributed by atoms with Crippen molar-refractivity contribution in [3.63, 3.8) is 0 Å². The van der Waals surface area contributed by atoms with Crippen molar-refractivity contribution in [1.82, 2.24) is 15.0 Å². The molecule has 0 aliphatic heterocycles. The molecule has 0 aliphatic rings. The van der Waals surface area contributed by atoms with Crippen molar-refractivity contribution < 1.29 is 4.74 Å². The molecule has 0 saturated carbocycles. The summed E-state index contributed by atoms with van der Waals surface area (Å²) in [5.74, 6) is 2.11. The standard InChI is InChI=1S/C24H23N5O/c1-2-30-21-10-8-20(9-11-21)27-24-28-22(19-6-4-3-5-7-19)16-23(29-24)26-17-18-12-14-25-15-13-18/h3-16H,2,17H2,1H3,(H2,26,27,28,29). The quantitative estimate of drug-likeness (QED) is 0.421. The van der Waals surface area contributed by atoms with Gasteiger partial charge in [-0.3, -0.25) is 4.98 Å². The van der Waals surface area contributed by atoms with Gasteiger partial charge >= 0.3 is 0 Å². The average Bonchev–Trinajstić information content (AvgIpc) is 2.80. The second-order valence-electron chi connectivity index (χ2n) is 6.62. The van der Waals surface area contributed by atoms with Crippen LogP contribution in [0.25, 0.3) is 11.3 Å². The highest BCUT2D eigenvalue weighted by Crippen LogP contribution is 2.24. The Kier molecular flexibility index (Phi) is 6.15. The van der Waals surface area contributed by atoms with Crippen LogP contribution in [-0.2, 0) is 6.54 Å². The summed E-state index contributed by atoms with van der Waals surface area (Å²) in [5, 5.41) is 6.68. The minimum atomic E-state index is 0.526. The van der Waals surface area contributed by atoms with E-state index in [4.69, 9.17) is 9.72 Å². The highest BCUT2D eigenvalue weighted by molar-refractivity contribution is 5.66. The van der Waals surface area contributed by atoms with E-state index < -0.39 is 0 Å². The van der Waals surface area contributed by atoms with E-state index >= 15 is 0 Å². The first-order valence-electron chi connectivity index (χ1n) is 9.87. The molecule has 2 aromatic heterocycles. The highest BCUT2D eigenvalue weighted by Gasteiger charge is 2.08. The lowest BCUT2D eigenvalue weighted by atomic mass is 10.1. The van der Waals surface area contributed by atoms with Crippen LogP contribution in [0, 0.1) is 0 Å². The third kappa shape index (κ3) is 5.11. The minimum Gasteiger partial charge on any atom is -0.494 e. The molecular formula is C24H23N5O. The van der Waals surface area contributed by atoms with Crippen LogP contribution in [0.15, 0.2) is 85.2 Å². The smallest absolute Gasteiger partial charge is 0.229 e. The molecule has 2 aromatic carbocycles. The summed E-state index contributed by atoms with van der Waals surface area (Å²) in [7, 11) is 0. The van der Waals surface area contributed by atoms with Crippen molar-refractivity contribution in [2.24, 2.45) is 0 Å². The Morgan fingerprint density at radius 1 is 0.867 bits per heavy atom. The molecule has 30 heavy (non-hydrogen) atoms. The number of aromatic nitrogens is 3. The molecule has 0 fully saturated rings. The van der Waals surface area contributed by atoms with Crippen LogP contribution in [0.1, 0.15) is 12.5 Å². The van der Waals surface area contributed by atoms with Gasteiger partial charge in [-0.05, 0) is 48.9 Å². The lowest BCUT2D eigenvalue weighted by molar-refractivity contribution is 0.340. The summed E-state index contributed by atoms with van der Waals surface area (Å²) < 4.78 is 5.51. The monoisotopic (exact) mass is 397 g/mol. The summed E-state index contributed by atoms with van der Waals surface area (Å²) in [6, 6.07) is 23.7. The fourth-order valence-electron chi connectivity index (χ4n) is 2.97. The van der Waals surface area contributed by atoms with Crippen molar-refractivity contribution in [2.75, 3.05) is 17.2 Å². The summed E-state index contributed by atoms with van der Waals surface area (Å²) in [5.41, 5.74) is 3.90. The van der Waals surface area contributed by atoms with Gasteiger partial charge < -0.3 is 15.4 Å². The summed E-state index contributed by atoms with van der Waals surface area (Å²) >= 11 is 0. The summed E-state index contributed by atoms with van der Waals surface area (Å²) in [6.45, 7) is 3.26. The highest BCUT2D eigenvalue weighted by atomic mass is 16.5. The van der Waals surface area contributed by atoms with Crippen molar-refractivity contribution in [2.45, 2.75) is 13.5 Å². The molecule has 0 amide bonds. The van der Waals surface area contributed by atoms with Crippen molar-refractivity contribution in [3.05, 3.63) is 90.8 Å². The van der Waals surface area contributed by atoms with Crippen LogP contribution in [0.2, 0.25) is 0 Å². The van der Waals surface area contributed by atoms with Gasteiger partial charge in [-0.2, -0.15) is 4.98 Å². The Hall–Kier alpha value is -3.93. The van der Waals surface area contributed by atoms with Crippen LogP contribution >= 0.6 is 0 Å². The minimum absolute atomic E-state index is 0.526. The van der Waals surface area contributed by atoms with Crippen LogP contribution in [0.5, 0.6) is 5.75 Å². The maximum atomic E-state index is 5.51. The van der Waals surface area contributed by atoms with E-state index in [9.17, 15) is 0 Å². The van der Waals surface area contributed by atoms with Gasteiger partial charge in [-0.25, -0.2) is 4.98 Å². The van der Waals surface area contributed by atoms with E-state index in [0.717, 1.165) is 34.1 Å². The number of nitrogens with zero attached hydrogens (tertiary/aromatic N) is 3. The van der Waals surface area contributed by atoms with Gasteiger partial charge in [0.05, 0.1) is 12.3 Å². The van der Waals surface area contributed by atoms with Gasteiger partial charge in [-0.1, -0.05) is 30.3 Å². The van der Waals surface area contributed by atoms with Gasteiger partial charge in [0.15, 0.2) is 0 Å². The van der Waals surface area contributed by atoms with Crippen LogP contribution in [0.4, 0.5) is 17.5 Å². The molecule has 0 saturated heterocycles. The number of pyridine rings is 1. The number of rotatable bonds is 8. The first kappa shape index (κ1) is 19.4. The maximum absolute atomic E-state index is 5.51. The molecule has 0 spiro atoms. The van der Waals surface area contributed by atoms with Gasteiger partial charge in [0.1, 0.15) is 11.6 Å². The van der Waals surface area contributed by atoms with E-state index in [0.29, 0.717) is 19.1 Å². The lowest BCUT2D eigenvalue weighted by Gasteiger charge is -2.12. The normalized spacial score (nSPS) is 10.4. The zero-order valence-electron chi connectivity index (χ0n) is 16.7. The number of hydrogen-bond donors (Lipinski definition) is 2. The lowest BCUT2D eigenvalue weighted by Crippen LogP contribution is -2.05. The number of benzene rings is 2. The zero-order chi connectivity index (χ0) is 20.6. The van der Waals surface area contributed by atoms with Crippen molar-refractivity contribution >= 4 is 17.5 Å². The molecule has 6 nitrogen and oxygen atoms in total. The number of anilines is 3. The van der Waals surface area contributed by atoms with Crippen LogP contribution in [0.3, 0.4) is 0 Å². The summed E-state index contributed by atoms with van der Waals surface area (Å²) in [4.78, 5) is 13.4. The zero-order valence-corrected chi connectivity index (χ0v) is 16.7. The first-order valence-corrected chi connectivity index (χ1v) is 9.87. The molecule has 0 atom stereocenters. The van der Waals surface area contributed by atoms with Gasteiger partial charge in [-0.15, -0.1) is 0 Å². The molecule has 4 aromatic rings. The van der Waals surface area contributed by atoms with E-state index in [1.165, 1.54) is 0 Å². The molecule has 0 aliphatic carbocycles. The number of nitrogens with one attached hydrogen (secondary N) is 2. The molecule has 0 unspecified atom stereocenters. The van der Waals surface area contributed by atoms with E-state index in [2.05, 4.69) is 20.6 Å². The van der Waals surface area contributed by atoms with Crippen LogP contribution < -0.4 is 15.4 Å². The SMILES string of the molecule is CCOc1ccc(Nc2nc(NCc3ccncc3)cc(-c3ccccc3)n2)cc1. The topological polar surface area (TPSA) is 72.0 Å². The predicted molar refractivity (Wildman–Crippen MR) is 120 cm³/mol.